The van der Waals surface area contributed by atoms with Gasteiger partial charge in [-0.3, -0.25) is 0 Å². The lowest BCUT2D eigenvalue weighted by atomic mass is 9.99. The van der Waals surface area contributed by atoms with Crippen LogP contribution in [0.25, 0.3) is 0 Å². The molecule has 0 aliphatic heterocycles. The molecule has 0 saturated heterocycles. The Morgan fingerprint density at radius 2 is 1.54 bits per heavy atom. The highest BCUT2D eigenvalue weighted by molar-refractivity contribution is 4.63. The third-order valence-electron chi connectivity index (χ3n) is 1.37. The molecule has 0 fully saturated rings. The van der Waals surface area contributed by atoms with Gasteiger partial charge < -0.3 is 5.11 Å². The van der Waals surface area contributed by atoms with E-state index in [1.807, 2.05) is 0 Å². The smallest absolute Gasteiger partial charge is 0.0870 e. The van der Waals surface area contributed by atoms with E-state index in [0.29, 0.717) is 19.6 Å². The van der Waals surface area contributed by atoms with Crippen molar-refractivity contribution >= 4 is 0 Å². The summed E-state index contributed by atoms with van der Waals surface area (Å²) in [7, 11) is 0. The first-order valence-corrected chi connectivity index (χ1v) is 4.67. The van der Waals surface area contributed by atoms with E-state index in [1.165, 1.54) is 0 Å². The summed E-state index contributed by atoms with van der Waals surface area (Å²) < 4.78 is 0. The molecule has 0 aliphatic rings. The van der Waals surface area contributed by atoms with Crippen molar-refractivity contribution in [2.75, 3.05) is 13.2 Å². The monoisotopic (exact) mass is 190 g/mol. The van der Waals surface area contributed by atoms with Crippen molar-refractivity contribution in [1.29, 1.82) is 0 Å². The second-order valence-electron chi connectivity index (χ2n) is 5.21. The number of hydrogen-bond donors (Lipinski definition) is 1. The highest BCUT2D eigenvalue weighted by Crippen LogP contribution is 2.13. The molecule has 0 radical (unpaired) electrons. The van der Waals surface area contributed by atoms with Crippen LogP contribution < -0.4 is 0 Å². The quantitative estimate of drug-likeness (QED) is 0.410. The standard InChI is InChI=1S/C10H22O3/c1-9(2,3)8-13-12-7-6-10(4,5)11/h11H,6-8H2,1-5H3. The molecule has 0 unspecified atom stereocenters. The van der Waals surface area contributed by atoms with Gasteiger partial charge in [0, 0.05) is 6.42 Å². The maximum atomic E-state index is 9.34. The molecular weight excluding hydrogens is 168 g/mol. The SMILES string of the molecule is CC(C)(C)COOCCC(C)(C)O. The van der Waals surface area contributed by atoms with Crippen LogP contribution in [0.3, 0.4) is 0 Å². The fourth-order valence-corrected chi connectivity index (χ4v) is 0.569. The predicted molar refractivity (Wildman–Crippen MR) is 52.3 cm³/mol. The third-order valence-corrected chi connectivity index (χ3v) is 1.37. The van der Waals surface area contributed by atoms with Crippen LogP contribution in [0.1, 0.15) is 41.0 Å². The van der Waals surface area contributed by atoms with Crippen LogP contribution in [-0.2, 0) is 9.78 Å². The lowest BCUT2D eigenvalue weighted by Gasteiger charge is -2.19. The maximum Gasteiger partial charge on any atom is 0.0870 e. The molecule has 3 nitrogen and oxygen atoms in total. The van der Waals surface area contributed by atoms with Crippen molar-refractivity contribution in [1.82, 2.24) is 0 Å². The van der Waals surface area contributed by atoms with Gasteiger partial charge in [0.25, 0.3) is 0 Å². The minimum Gasteiger partial charge on any atom is -0.390 e. The average Bonchev–Trinajstić information content (AvgIpc) is 1.81. The van der Waals surface area contributed by atoms with Gasteiger partial charge in [-0.1, -0.05) is 20.8 Å². The van der Waals surface area contributed by atoms with E-state index < -0.39 is 5.60 Å². The van der Waals surface area contributed by atoms with Crippen molar-refractivity contribution in [2.24, 2.45) is 5.41 Å². The summed E-state index contributed by atoms with van der Waals surface area (Å²) in [6, 6.07) is 0. The van der Waals surface area contributed by atoms with Crippen LogP contribution in [0.4, 0.5) is 0 Å². The lowest BCUT2D eigenvalue weighted by molar-refractivity contribution is -0.310. The van der Waals surface area contributed by atoms with Gasteiger partial charge in [0.05, 0.1) is 18.8 Å². The van der Waals surface area contributed by atoms with Crippen LogP contribution in [0.2, 0.25) is 0 Å². The molecule has 0 spiro atoms. The van der Waals surface area contributed by atoms with Gasteiger partial charge in [0.1, 0.15) is 0 Å². The molecule has 0 bridgehead atoms. The zero-order valence-corrected chi connectivity index (χ0v) is 9.39. The molecule has 13 heavy (non-hydrogen) atoms. The van der Waals surface area contributed by atoms with Gasteiger partial charge in [0.2, 0.25) is 0 Å². The lowest BCUT2D eigenvalue weighted by Crippen LogP contribution is -2.22. The third kappa shape index (κ3) is 11.9. The van der Waals surface area contributed by atoms with Crippen molar-refractivity contribution < 1.29 is 14.9 Å². The van der Waals surface area contributed by atoms with E-state index in [4.69, 9.17) is 9.78 Å². The first kappa shape index (κ1) is 12.9. The first-order chi connectivity index (χ1) is 5.71. The van der Waals surface area contributed by atoms with Crippen molar-refractivity contribution in [3.05, 3.63) is 0 Å². The van der Waals surface area contributed by atoms with E-state index >= 15 is 0 Å². The molecule has 0 heterocycles. The molecule has 0 atom stereocenters. The largest absolute Gasteiger partial charge is 0.390 e. The molecule has 0 aliphatic carbocycles. The summed E-state index contributed by atoms with van der Waals surface area (Å²) >= 11 is 0. The number of aliphatic hydroxyl groups is 1. The van der Waals surface area contributed by atoms with E-state index in [-0.39, 0.29) is 5.41 Å². The van der Waals surface area contributed by atoms with Crippen molar-refractivity contribution in [3.63, 3.8) is 0 Å². The topological polar surface area (TPSA) is 38.7 Å². The van der Waals surface area contributed by atoms with Gasteiger partial charge >= 0.3 is 0 Å². The summed E-state index contributed by atoms with van der Waals surface area (Å²) in [6.07, 6.45) is 0.580. The maximum absolute atomic E-state index is 9.34. The van der Waals surface area contributed by atoms with Crippen molar-refractivity contribution in [2.45, 2.75) is 46.6 Å². The van der Waals surface area contributed by atoms with Crippen LogP contribution >= 0.6 is 0 Å². The van der Waals surface area contributed by atoms with Crippen LogP contribution in [-0.4, -0.2) is 23.9 Å². The Kier molecular flexibility index (Phi) is 4.89. The summed E-state index contributed by atoms with van der Waals surface area (Å²) in [5.74, 6) is 0. The molecular formula is C10H22O3. The summed E-state index contributed by atoms with van der Waals surface area (Å²) in [5.41, 5.74) is -0.556. The zero-order valence-electron chi connectivity index (χ0n) is 9.39. The van der Waals surface area contributed by atoms with E-state index in [0.717, 1.165) is 0 Å². The van der Waals surface area contributed by atoms with Gasteiger partial charge in [-0.05, 0) is 19.3 Å². The summed E-state index contributed by atoms with van der Waals surface area (Å²) in [5, 5.41) is 9.34. The Labute approximate surface area is 81.0 Å². The highest BCUT2D eigenvalue weighted by Gasteiger charge is 2.13. The fourth-order valence-electron chi connectivity index (χ4n) is 0.569. The Morgan fingerprint density at radius 3 is 1.92 bits per heavy atom. The van der Waals surface area contributed by atoms with Gasteiger partial charge in [-0.15, -0.1) is 0 Å². The Morgan fingerprint density at radius 1 is 1.00 bits per heavy atom. The first-order valence-electron chi connectivity index (χ1n) is 4.67. The minimum absolute atomic E-state index is 0.120. The van der Waals surface area contributed by atoms with Crippen LogP contribution in [0, 0.1) is 5.41 Å². The molecule has 0 aromatic rings. The van der Waals surface area contributed by atoms with E-state index in [9.17, 15) is 5.11 Å². The highest BCUT2D eigenvalue weighted by atomic mass is 17.2. The molecule has 80 valence electrons. The molecule has 3 heteroatoms. The Hall–Kier alpha value is -0.120. The molecule has 1 N–H and O–H groups in total. The molecule has 0 aromatic heterocycles. The van der Waals surface area contributed by atoms with Crippen LogP contribution in [0.5, 0.6) is 0 Å². The minimum atomic E-state index is -0.676. The normalized spacial score (nSPS) is 13.4. The summed E-state index contributed by atoms with van der Waals surface area (Å²) in [4.78, 5) is 9.91. The molecule has 0 amide bonds. The molecule has 0 rings (SSSR count). The van der Waals surface area contributed by atoms with Gasteiger partial charge in [0.15, 0.2) is 0 Å². The van der Waals surface area contributed by atoms with Gasteiger partial charge in [-0.25, -0.2) is 9.78 Å². The fraction of sp³-hybridized carbons (Fsp3) is 1.00. The average molecular weight is 190 g/mol. The predicted octanol–water partition coefficient (Wildman–Crippen LogP) is 2.14. The second kappa shape index (κ2) is 4.94. The Bertz CT molecular complexity index is 114. The van der Waals surface area contributed by atoms with E-state index in [1.54, 1.807) is 13.8 Å². The molecule has 0 aromatic carbocycles. The number of rotatable bonds is 5. The van der Waals surface area contributed by atoms with Crippen LogP contribution in [0.15, 0.2) is 0 Å². The molecule has 0 saturated carbocycles. The zero-order chi connectivity index (χ0) is 10.5. The Balaban J connectivity index is 3.28. The second-order valence-corrected chi connectivity index (χ2v) is 5.21. The number of hydrogen-bond acceptors (Lipinski definition) is 3. The van der Waals surface area contributed by atoms with Crippen molar-refractivity contribution in [3.8, 4) is 0 Å². The van der Waals surface area contributed by atoms with E-state index in [2.05, 4.69) is 20.8 Å². The summed E-state index contributed by atoms with van der Waals surface area (Å²) in [6.45, 7) is 10.7. The van der Waals surface area contributed by atoms with Gasteiger partial charge in [-0.2, -0.15) is 0 Å².